The summed E-state index contributed by atoms with van der Waals surface area (Å²) in [5, 5.41) is 5.10. The average molecular weight is 392 g/mol. The van der Waals surface area contributed by atoms with Crippen LogP contribution in [-0.4, -0.2) is 10.9 Å². The Kier molecular flexibility index (Phi) is 4.52. The minimum Gasteiger partial charge on any atom is -0.456 e. The molecule has 0 radical (unpaired) electrons. The lowest BCUT2D eigenvalue weighted by Crippen LogP contribution is -2.14. The molecule has 4 heteroatoms. The van der Waals surface area contributed by atoms with Crippen molar-refractivity contribution in [1.29, 1.82) is 0 Å². The molecule has 0 saturated carbocycles. The third kappa shape index (κ3) is 3.55. The van der Waals surface area contributed by atoms with Gasteiger partial charge in [0.1, 0.15) is 11.2 Å². The second-order valence-electron chi connectivity index (χ2n) is 7.42. The fraction of sp³-hybridized carbons (Fsp3) is 0.0769. The highest BCUT2D eigenvalue weighted by atomic mass is 16.3. The number of fused-ring (bicyclic) bond motifs is 3. The van der Waals surface area contributed by atoms with Gasteiger partial charge in [-0.2, -0.15) is 0 Å². The first-order valence-corrected chi connectivity index (χ1v) is 9.89. The van der Waals surface area contributed by atoms with E-state index in [9.17, 15) is 4.79 Å². The second kappa shape index (κ2) is 7.48. The second-order valence-corrected chi connectivity index (χ2v) is 7.42. The van der Waals surface area contributed by atoms with E-state index >= 15 is 0 Å². The summed E-state index contributed by atoms with van der Waals surface area (Å²) in [5.41, 5.74) is 6.53. The number of nitrogens with one attached hydrogen (secondary N) is 1. The molecular formula is C26H20N2O2. The highest BCUT2D eigenvalue weighted by Crippen LogP contribution is 2.30. The van der Waals surface area contributed by atoms with Crippen LogP contribution in [0.5, 0.6) is 0 Å². The van der Waals surface area contributed by atoms with E-state index in [2.05, 4.69) is 16.4 Å². The zero-order valence-corrected chi connectivity index (χ0v) is 16.6. The molecule has 0 aliphatic rings. The number of hydrogen-bond acceptors (Lipinski definition) is 3. The molecule has 2 aromatic heterocycles. The van der Waals surface area contributed by atoms with Gasteiger partial charge in [-0.3, -0.25) is 9.78 Å². The normalized spacial score (nSPS) is 11.1. The predicted octanol–water partition coefficient (Wildman–Crippen LogP) is 6.14. The van der Waals surface area contributed by atoms with Crippen LogP contribution in [0.25, 0.3) is 33.1 Å². The molecule has 0 atom stereocenters. The molecule has 0 unspecified atom stereocenters. The number of benzene rings is 3. The van der Waals surface area contributed by atoms with Crippen LogP contribution in [0.3, 0.4) is 0 Å². The highest BCUT2D eigenvalue weighted by Gasteiger charge is 2.09. The van der Waals surface area contributed by atoms with E-state index in [-0.39, 0.29) is 5.91 Å². The number of carbonyl (C=O) groups excluding carboxylic acids is 1. The minimum absolute atomic E-state index is 0.0574. The summed E-state index contributed by atoms with van der Waals surface area (Å²) >= 11 is 0. The smallest absolute Gasteiger partial charge is 0.228 e. The Balaban J connectivity index is 1.30. The molecule has 0 aliphatic heterocycles. The van der Waals surface area contributed by atoms with Crippen LogP contribution in [0, 0.1) is 6.92 Å². The Labute approximate surface area is 174 Å². The van der Waals surface area contributed by atoms with E-state index in [4.69, 9.17) is 4.42 Å². The molecule has 0 aliphatic carbocycles. The van der Waals surface area contributed by atoms with E-state index in [1.807, 2.05) is 85.9 Å². The summed E-state index contributed by atoms with van der Waals surface area (Å²) in [4.78, 5) is 16.8. The van der Waals surface area contributed by atoms with Crippen LogP contribution >= 0.6 is 0 Å². The maximum atomic E-state index is 12.5. The lowest BCUT2D eigenvalue weighted by molar-refractivity contribution is -0.115. The number of para-hydroxylation sites is 1. The third-order valence-corrected chi connectivity index (χ3v) is 5.21. The Hall–Kier alpha value is -3.92. The Morgan fingerprint density at radius 1 is 0.867 bits per heavy atom. The average Bonchev–Trinajstić information content (AvgIpc) is 3.12. The zero-order chi connectivity index (χ0) is 20.5. The molecule has 4 nitrogen and oxygen atoms in total. The van der Waals surface area contributed by atoms with Crippen LogP contribution in [0.2, 0.25) is 0 Å². The molecule has 5 rings (SSSR count). The van der Waals surface area contributed by atoms with Gasteiger partial charge in [-0.15, -0.1) is 0 Å². The standard InChI is InChI=1S/C26H20N2O2/c1-17-14-20(12-13-27-17)19-8-6-18(7-9-19)15-26(29)28-21-10-11-23-22-4-2-3-5-24(22)30-25(23)16-21/h2-14,16H,15H2,1H3,(H,28,29). The number of carbonyl (C=O) groups is 1. The zero-order valence-electron chi connectivity index (χ0n) is 16.6. The van der Waals surface area contributed by atoms with E-state index in [1.54, 1.807) is 0 Å². The topological polar surface area (TPSA) is 55.1 Å². The van der Waals surface area contributed by atoms with Crippen LogP contribution in [-0.2, 0) is 11.2 Å². The van der Waals surface area contributed by atoms with Crippen molar-refractivity contribution in [2.75, 3.05) is 5.32 Å². The summed E-state index contributed by atoms with van der Waals surface area (Å²) in [6.45, 7) is 1.98. The molecule has 1 N–H and O–H groups in total. The van der Waals surface area contributed by atoms with E-state index in [0.717, 1.165) is 50.0 Å². The number of aryl methyl sites for hydroxylation is 1. The van der Waals surface area contributed by atoms with E-state index < -0.39 is 0 Å². The molecule has 5 aromatic rings. The van der Waals surface area contributed by atoms with Gasteiger partial charge >= 0.3 is 0 Å². The van der Waals surface area contributed by atoms with Crippen molar-refractivity contribution in [3.63, 3.8) is 0 Å². The Morgan fingerprint density at radius 2 is 1.67 bits per heavy atom. The largest absolute Gasteiger partial charge is 0.456 e. The Morgan fingerprint density at radius 3 is 2.50 bits per heavy atom. The number of pyridine rings is 1. The molecule has 146 valence electrons. The lowest BCUT2D eigenvalue weighted by Gasteiger charge is -2.07. The first-order valence-electron chi connectivity index (χ1n) is 9.89. The maximum absolute atomic E-state index is 12.5. The molecule has 2 heterocycles. The maximum Gasteiger partial charge on any atom is 0.228 e. The van der Waals surface area contributed by atoms with Crippen molar-refractivity contribution in [3.8, 4) is 11.1 Å². The molecule has 0 bridgehead atoms. The van der Waals surface area contributed by atoms with Crippen molar-refractivity contribution in [2.45, 2.75) is 13.3 Å². The van der Waals surface area contributed by atoms with Crippen LogP contribution < -0.4 is 5.32 Å². The number of furan rings is 1. The van der Waals surface area contributed by atoms with Gasteiger partial charge in [-0.25, -0.2) is 0 Å². The molecule has 0 saturated heterocycles. The van der Waals surface area contributed by atoms with Crippen molar-refractivity contribution >= 4 is 33.5 Å². The van der Waals surface area contributed by atoms with Gasteiger partial charge in [0.05, 0.1) is 6.42 Å². The van der Waals surface area contributed by atoms with Crippen molar-refractivity contribution < 1.29 is 9.21 Å². The van der Waals surface area contributed by atoms with Crippen molar-refractivity contribution in [3.05, 3.63) is 96.3 Å². The van der Waals surface area contributed by atoms with Gasteiger partial charge in [0.2, 0.25) is 5.91 Å². The number of anilines is 1. The molecule has 3 aromatic carbocycles. The SMILES string of the molecule is Cc1cc(-c2ccc(CC(=O)Nc3ccc4c(c3)oc3ccccc34)cc2)ccn1. The fourth-order valence-corrected chi connectivity index (χ4v) is 3.73. The van der Waals surface area contributed by atoms with Gasteiger partial charge in [0, 0.05) is 34.4 Å². The molecule has 0 spiro atoms. The first-order chi connectivity index (χ1) is 14.7. The monoisotopic (exact) mass is 392 g/mol. The van der Waals surface area contributed by atoms with Crippen molar-refractivity contribution in [2.24, 2.45) is 0 Å². The number of rotatable bonds is 4. The number of aromatic nitrogens is 1. The molecule has 30 heavy (non-hydrogen) atoms. The van der Waals surface area contributed by atoms with Crippen LogP contribution in [0.15, 0.2) is 89.5 Å². The molecular weight excluding hydrogens is 372 g/mol. The summed E-state index contributed by atoms with van der Waals surface area (Å²) in [6, 6.07) is 25.8. The summed E-state index contributed by atoms with van der Waals surface area (Å²) in [7, 11) is 0. The summed E-state index contributed by atoms with van der Waals surface area (Å²) in [5.74, 6) is -0.0574. The first kappa shape index (κ1) is 18.1. The highest BCUT2D eigenvalue weighted by molar-refractivity contribution is 6.06. The van der Waals surface area contributed by atoms with Crippen LogP contribution in [0.4, 0.5) is 5.69 Å². The van der Waals surface area contributed by atoms with E-state index in [0.29, 0.717) is 6.42 Å². The summed E-state index contributed by atoms with van der Waals surface area (Å²) < 4.78 is 5.90. The number of nitrogens with zero attached hydrogens (tertiary/aromatic N) is 1. The van der Waals surface area contributed by atoms with Gasteiger partial charge in [-0.1, -0.05) is 42.5 Å². The number of hydrogen-bond donors (Lipinski definition) is 1. The third-order valence-electron chi connectivity index (χ3n) is 5.21. The minimum atomic E-state index is -0.0574. The molecule has 1 amide bonds. The predicted molar refractivity (Wildman–Crippen MR) is 120 cm³/mol. The van der Waals surface area contributed by atoms with Gasteiger partial charge in [0.15, 0.2) is 0 Å². The van der Waals surface area contributed by atoms with Crippen LogP contribution in [0.1, 0.15) is 11.3 Å². The molecule has 0 fully saturated rings. The van der Waals surface area contributed by atoms with Crippen molar-refractivity contribution in [1.82, 2.24) is 4.98 Å². The summed E-state index contributed by atoms with van der Waals surface area (Å²) in [6.07, 6.45) is 2.12. The quantitative estimate of drug-likeness (QED) is 0.400. The van der Waals surface area contributed by atoms with Gasteiger partial charge in [-0.05, 0) is 53.9 Å². The van der Waals surface area contributed by atoms with Gasteiger partial charge < -0.3 is 9.73 Å². The fourth-order valence-electron chi connectivity index (χ4n) is 3.73. The Bertz CT molecular complexity index is 1370. The van der Waals surface area contributed by atoms with Gasteiger partial charge in [0.25, 0.3) is 0 Å². The number of amides is 1. The van der Waals surface area contributed by atoms with E-state index in [1.165, 1.54) is 0 Å². The lowest BCUT2D eigenvalue weighted by atomic mass is 10.0.